The first kappa shape index (κ1) is 83.0. The van der Waals surface area contributed by atoms with Gasteiger partial charge < -0.3 is 24.6 Å². The average Bonchev–Trinajstić information content (AvgIpc) is 1.66. The highest BCUT2D eigenvalue weighted by Crippen LogP contribution is 2.43. The molecule has 6 aromatic rings. The Morgan fingerprint density at radius 2 is 0.876 bits per heavy atom. The maximum absolute atomic E-state index is 13.1. The van der Waals surface area contributed by atoms with Gasteiger partial charge in [-0.15, -0.1) is 12.4 Å². The van der Waals surface area contributed by atoms with Gasteiger partial charge in [-0.25, -0.2) is 4.79 Å². The van der Waals surface area contributed by atoms with Gasteiger partial charge >= 0.3 is 23.9 Å². The summed E-state index contributed by atoms with van der Waals surface area (Å²) in [4.78, 5) is 81.6. The molecule has 16 heteroatoms. The lowest BCUT2D eigenvalue weighted by molar-refractivity contribution is -0.149. The molecule has 105 heavy (non-hydrogen) atoms. The number of carboxylic acid groups (broad SMARTS) is 1. The topological polar surface area (TPSA) is 172 Å². The molecule has 2 atom stereocenters. The molecule has 2 N–H and O–H groups in total. The highest BCUT2D eigenvalue weighted by Gasteiger charge is 2.36. The molecule has 3 aliphatic carbocycles. The highest BCUT2D eigenvalue weighted by molar-refractivity contribution is 7.59. The largest absolute Gasteiger partial charge is 0.481 e. The zero-order valence-electron chi connectivity index (χ0n) is 63.8. The van der Waals surface area contributed by atoms with E-state index in [1.807, 2.05) is 13.8 Å². The number of benzene rings is 6. The number of carboxylic acids is 1. The summed E-state index contributed by atoms with van der Waals surface area (Å²) in [6.07, 6.45) is 13.6. The van der Waals surface area contributed by atoms with Crippen LogP contribution in [0.25, 0.3) is 11.5 Å². The van der Waals surface area contributed by atoms with E-state index in [-0.39, 0.29) is 87.9 Å². The number of likely N-dealkylation sites (tertiary alicyclic amines) is 3. The second-order valence-corrected chi connectivity index (χ2v) is 30.6. The molecule has 6 aliphatic rings. The summed E-state index contributed by atoms with van der Waals surface area (Å²) in [7, 11) is 0. The number of ether oxygens (including phenoxy) is 3. The molecule has 564 valence electrons. The van der Waals surface area contributed by atoms with Gasteiger partial charge in [-0.3, -0.25) is 38.7 Å². The zero-order valence-corrected chi connectivity index (χ0v) is 65.6. The van der Waals surface area contributed by atoms with Gasteiger partial charge in [0.1, 0.15) is 17.6 Å². The molecule has 0 spiro atoms. The average molecular weight is 1470 g/mol. The number of halogens is 1. The molecule has 1 unspecified atom stereocenters. The SMILES string of the molecule is CCOC(=O)[C@@H](NC(=O)CCCC(=O)OC1=C(CC2CCN(Cc3ccccc3)CC2)Cc2cc(C)c(C)cc21)C(C)C.Cc1cc2c(cc1C)C(=O)C(CC1CCN(Cc3ccccc3)CC1)C2.Cc1cc2c(cc1C)C(OC(=O)CCCC(=O)O)=C(CC1CCN(Cc3ccccc3)CC1)C2.Cl.S. The summed E-state index contributed by atoms with van der Waals surface area (Å²) >= 11 is 0. The molecular weight excluding hydrogens is 1350 g/mol. The number of nitrogens with zero attached hydrogens (tertiary/aromatic N) is 3. The zero-order chi connectivity index (χ0) is 73.1. The lowest BCUT2D eigenvalue weighted by Crippen LogP contribution is -2.45. The van der Waals surface area contributed by atoms with Gasteiger partial charge in [0, 0.05) is 67.9 Å². The predicted molar refractivity (Wildman–Crippen MR) is 426 cm³/mol. The Hall–Kier alpha value is -7.66. The third-order valence-corrected chi connectivity index (χ3v) is 22.3. The van der Waals surface area contributed by atoms with E-state index >= 15 is 0 Å². The van der Waals surface area contributed by atoms with Gasteiger partial charge in [-0.05, 0) is 297 Å². The number of esters is 3. The molecule has 12 rings (SSSR count). The molecule has 0 aromatic heterocycles. The molecule has 14 nitrogen and oxygen atoms in total. The van der Waals surface area contributed by atoms with Crippen molar-refractivity contribution in [2.45, 2.75) is 204 Å². The van der Waals surface area contributed by atoms with Crippen molar-refractivity contribution in [2.24, 2.45) is 29.6 Å². The minimum absolute atomic E-state index is 0. The Morgan fingerprint density at radius 3 is 1.27 bits per heavy atom. The summed E-state index contributed by atoms with van der Waals surface area (Å²) in [6, 6.07) is 44.4. The van der Waals surface area contributed by atoms with E-state index in [1.54, 1.807) is 6.92 Å². The Bertz CT molecular complexity index is 3980. The van der Waals surface area contributed by atoms with Crippen LogP contribution in [-0.4, -0.2) is 107 Å². The number of hydrogen-bond donors (Lipinski definition) is 2. The van der Waals surface area contributed by atoms with Gasteiger partial charge in [0.15, 0.2) is 5.78 Å². The smallest absolute Gasteiger partial charge is 0.328 e. The Labute approximate surface area is 638 Å². The number of nitrogens with one attached hydrogen (secondary N) is 1. The molecular formula is C89H115ClN4O10S. The normalized spacial score (nSPS) is 17.2. The lowest BCUT2D eigenvalue weighted by atomic mass is 9.85. The fourth-order valence-electron chi connectivity index (χ4n) is 15.9. The monoisotopic (exact) mass is 1470 g/mol. The van der Waals surface area contributed by atoms with Crippen LogP contribution in [0, 0.1) is 71.1 Å². The fraction of sp³-hybridized carbons (Fsp3) is 0.483. The second kappa shape index (κ2) is 40.3. The van der Waals surface area contributed by atoms with Crippen LogP contribution >= 0.6 is 25.9 Å². The molecule has 1 amide bonds. The molecule has 6 aromatic carbocycles. The van der Waals surface area contributed by atoms with Gasteiger partial charge in [0.05, 0.1) is 6.61 Å². The molecule has 0 radical (unpaired) electrons. The number of carbonyl (C=O) groups excluding carboxylic acids is 5. The summed E-state index contributed by atoms with van der Waals surface area (Å²) in [5, 5.41) is 11.6. The van der Waals surface area contributed by atoms with Crippen LogP contribution in [0.4, 0.5) is 0 Å². The van der Waals surface area contributed by atoms with Crippen LogP contribution in [0.1, 0.15) is 205 Å². The van der Waals surface area contributed by atoms with Crippen LogP contribution in [0.15, 0.2) is 139 Å². The quantitative estimate of drug-likeness (QED) is 0.0388. The molecule has 3 heterocycles. The van der Waals surface area contributed by atoms with Crippen LogP contribution in [0.5, 0.6) is 0 Å². The molecule has 3 saturated heterocycles. The second-order valence-electron chi connectivity index (χ2n) is 30.6. The van der Waals surface area contributed by atoms with E-state index in [1.165, 1.54) is 90.7 Å². The lowest BCUT2D eigenvalue weighted by Gasteiger charge is -2.33. The highest BCUT2D eigenvalue weighted by atomic mass is 35.5. The summed E-state index contributed by atoms with van der Waals surface area (Å²) < 4.78 is 17.1. The van der Waals surface area contributed by atoms with E-state index in [9.17, 15) is 28.8 Å². The van der Waals surface area contributed by atoms with Crippen LogP contribution in [0.2, 0.25) is 0 Å². The van der Waals surface area contributed by atoms with Crippen LogP contribution in [-0.2, 0) is 77.1 Å². The minimum atomic E-state index is -0.886. The van der Waals surface area contributed by atoms with Gasteiger partial charge in [0.25, 0.3) is 0 Å². The van der Waals surface area contributed by atoms with E-state index in [2.05, 4.69) is 189 Å². The maximum atomic E-state index is 13.1. The number of allylic oxidation sites excluding steroid dienone is 2. The van der Waals surface area contributed by atoms with Crippen molar-refractivity contribution in [3.05, 3.63) is 222 Å². The molecule has 0 saturated carbocycles. The summed E-state index contributed by atoms with van der Waals surface area (Å²) in [6.45, 7) is 28.1. The number of aryl methyl sites for hydroxylation is 6. The first-order chi connectivity index (χ1) is 49.6. The number of piperidine rings is 3. The van der Waals surface area contributed by atoms with Gasteiger partial charge in [-0.1, -0.05) is 123 Å². The van der Waals surface area contributed by atoms with Crippen molar-refractivity contribution in [1.29, 1.82) is 0 Å². The first-order valence-electron chi connectivity index (χ1n) is 38.3. The van der Waals surface area contributed by atoms with E-state index in [0.29, 0.717) is 36.4 Å². The first-order valence-corrected chi connectivity index (χ1v) is 38.3. The van der Waals surface area contributed by atoms with Crippen LogP contribution in [0.3, 0.4) is 0 Å². The van der Waals surface area contributed by atoms with Crippen molar-refractivity contribution in [1.82, 2.24) is 20.0 Å². The number of aliphatic carboxylic acids is 1. The van der Waals surface area contributed by atoms with Gasteiger partial charge in [-0.2, -0.15) is 13.5 Å². The third-order valence-electron chi connectivity index (χ3n) is 22.3. The van der Waals surface area contributed by atoms with E-state index in [0.717, 1.165) is 151 Å². The van der Waals surface area contributed by atoms with E-state index < -0.39 is 18.0 Å². The number of fused-ring (bicyclic) bond motifs is 3. The van der Waals surface area contributed by atoms with Crippen LogP contribution < -0.4 is 5.32 Å². The standard InChI is InChI=1S/C36H48N2O5.C29H35NO4.C24H29NO.ClH.H2S/c1-6-42-36(41)34(24(2)3)37-32(39)13-10-14-33(40)43-35-30(22-29-19-25(4)26(5)20-31(29)35)21-27-15-17-38(18-16-27)23-28-11-8-7-9-12-28;1-20-15-24-18-25(17-22-11-13-30(14-12-22)19-23-7-4-3-5-8-23)29(26(24)16-21(20)2)34-28(33)10-6-9-27(31)32;1-17-12-21-15-22(24(26)23(21)13-18(17)2)14-19-8-10-25(11-9-19)16-20-6-4-3-5-7-20;;/h7-9,11-12,19-20,24,27,34H,6,10,13-18,21-23H2,1-5H3,(H,37,39);3-5,7-8,15-16,22H,6,9-14,17-19H2,1-2H3,(H,31,32);3-7,12-13,19,22H,8-11,14-16H2,1-2H3;1H;1H2/t34-;;;;/m0..../s1. The number of carbonyl (C=O) groups is 6. The number of hydrogen-bond acceptors (Lipinski definition) is 12. The molecule has 0 bridgehead atoms. The predicted octanol–water partition coefficient (Wildman–Crippen LogP) is 17.5. The van der Waals surface area contributed by atoms with Crippen molar-refractivity contribution < 1.29 is 48.1 Å². The summed E-state index contributed by atoms with van der Waals surface area (Å²) in [5.74, 6) is 1.57. The number of ketones is 1. The fourth-order valence-corrected chi connectivity index (χ4v) is 15.9. The Kier molecular flexibility index (Phi) is 31.9. The van der Waals surface area contributed by atoms with Gasteiger partial charge in [0.2, 0.25) is 5.91 Å². The van der Waals surface area contributed by atoms with Crippen molar-refractivity contribution in [2.75, 3.05) is 45.9 Å². The van der Waals surface area contributed by atoms with Crippen molar-refractivity contribution in [3.63, 3.8) is 0 Å². The minimum Gasteiger partial charge on any atom is -0.481 e. The maximum Gasteiger partial charge on any atom is 0.328 e. The number of amides is 1. The Balaban J connectivity index is 0.000000203. The van der Waals surface area contributed by atoms with Crippen molar-refractivity contribution in [3.8, 4) is 0 Å². The third kappa shape index (κ3) is 23.9. The number of rotatable bonds is 26. The van der Waals surface area contributed by atoms with E-state index in [4.69, 9.17) is 19.3 Å². The van der Waals surface area contributed by atoms with Crippen molar-refractivity contribution >= 4 is 73.0 Å². The number of Topliss-reactive ketones (excluding diaryl/α,β-unsaturated/α-hetero) is 1. The molecule has 3 aliphatic heterocycles. The molecule has 3 fully saturated rings. The Morgan fingerprint density at radius 1 is 0.505 bits per heavy atom. The summed E-state index contributed by atoms with van der Waals surface area (Å²) in [5.41, 5.74) is 20.8.